The molecule has 2 unspecified atom stereocenters. The van der Waals surface area contributed by atoms with E-state index in [9.17, 15) is 29.7 Å². The molecule has 0 aliphatic carbocycles. The summed E-state index contributed by atoms with van der Waals surface area (Å²) in [4.78, 5) is 53.2. The van der Waals surface area contributed by atoms with E-state index in [2.05, 4.69) is 50.6 Å². The van der Waals surface area contributed by atoms with Crippen molar-refractivity contribution in [3.63, 3.8) is 0 Å². The molecular weight excluding hydrogens is 975 g/mol. The summed E-state index contributed by atoms with van der Waals surface area (Å²) in [6, 6.07) is 3.67. The van der Waals surface area contributed by atoms with Gasteiger partial charge in [-0.1, -0.05) is 74.4 Å². The number of nitrogens with one attached hydrogen (secondary N) is 1. The highest BCUT2D eigenvalue weighted by molar-refractivity contribution is 14.1. The number of ether oxygens (including phenoxy) is 5. The number of methoxy groups -OCH3 is 3. The summed E-state index contributed by atoms with van der Waals surface area (Å²) in [5, 5.41) is 37.8. The number of anilines is 2. The minimum Gasteiger partial charge on any atom is -0.505 e. The van der Waals surface area contributed by atoms with Gasteiger partial charge in [0.15, 0.2) is 22.3 Å². The summed E-state index contributed by atoms with van der Waals surface area (Å²) in [7, 11) is 4.26. The molecule has 1 amide bonds. The fraction of sp³-hybridized carbons (Fsp3) is 0.480. The van der Waals surface area contributed by atoms with Crippen LogP contribution in [-0.2, 0) is 19.0 Å². The largest absolute Gasteiger partial charge is 0.505 e. The van der Waals surface area contributed by atoms with Crippen LogP contribution in [0, 0.1) is 36.5 Å². The lowest BCUT2D eigenvalue weighted by Crippen LogP contribution is -2.50. The van der Waals surface area contributed by atoms with Crippen molar-refractivity contribution in [2.45, 2.75) is 82.6 Å². The first-order valence-electron chi connectivity index (χ1n) is 22.1. The van der Waals surface area contributed by atoms with Crippen molar-refractivity contribution in [1.29, 1.82) is 0 Å². The molecule has 0 spiro atoms. The van der Waals surface area contributed by atoms with Crippen molar-refractivity contribution in [3.8, 4) is 29.6 Å². The molecule has 17 heteroatoms. The zero-order valence-electron chi connectivity index (χ0n) is 39.4. The molecule has 16 nitrogen and oxygen atoms in total. The van der Waals surface area contributed by atoms with Crippen molar-refractivity contribution in [2.75, 3.05) is 64.3 Å². The van der Waals surface area contributed by atoms with Gasteiger partial charge in [-0.25, -0.2) is 4.98 Å². The second kappa shape index (κ2) is 19.4. The number of terminal acetylenes is 1. The predicted octanol–water partition coefficient (Wildman–Crippen LogP) is 6.40. The highest BCUT2D eigenvalue weighted by Gasteiger charge is 2.50. The summed E-state index contributed by atoms with van der Waals surface area (Å²) in [5.74, 6) is -2.81. The number of carbonyl (C=O) groups excluding carboxylic acids is 2. The number of aliphatic hydroxyl groups is 2. The van der Waals surface area contributed by atoms with E-state index >= 15 is 0 Å². The molecule has 1 aromatic heterocycles. The van der Waals surface area contributed by atoms with Gasteiger partial charge < -0.3 is 53.6 Å². The molecule has 0 radical (unpaired) electrons. The third kappa shape index (κ3) is 9.11. The number of aromatic nitrogens is 1. The van der Waals surface area contributed by atoms with Crippen LogP contribution in [0.25, 0.3) is 33.0 Å². The fourth-order valence-corrected chi connectivity index (χ4v) is 9.66. The number of phenols is 1. The van der Waals surface area contributed by atoms with Crippen LogP contribution in [0.3, 0.4) is 0 Å². The Hall–Kier alpha value is -5.23. The number of carbonyl (C=O) groups is 2. The number of nitrogens with zero attached hydrogens (tertiary/aromatic N) is 3. The Labute approximate surface area is 403 Å². The molecule has 4 bridgehead atoms. The number of amides is 1. The number of alkyl halides is 1. The maximum Gasteiger partial charge on any atom is 0.312 e. The zero-order chi connectivity index (χ0) is 48.9. The average Bonchev–Trinajstić information content (AvgIpc) is 3.56. The Morgan fingerprint density at radius 2 is 1.73 bits per heavy atom. The lowest BCUT2D eigenvalue weighted by Gasteiger charge is -2.38. The summed E-state index contributed by atoms with van der Waals surface area (Å²) in [6.07, 6.45) is 8.70. The second-order valence-electron chi connectivity index (χ2n) is 18.3. The van der Waals surface area contributed by atoms with Crippen molar-refractivity contribution in [1.82, 2.24) is 9.88 Å². The molecule has 1 saturated heterocycles. The van der Waals surface area contributed by atoms with Gasteiger partial charge in [0, 0.05) is 92.1 Å². The number of allylic oxidation sites excluding steroid dienone is 3. The normalized spacial score (nSPS) is 28.5. The maximum absolute atomic E-state index is 14.9. The standard InChI is InChI=1S/C50H59IN4O12/c1-12-30-31(62-9)15-21-65-50(8)47(60)36-34-35(40(56)27(4)44(36)67-50)42(58)39(53-48(61)25(2)14-13-16-49(6,7)28(5)41(57)43(59)45(30)64-11)46-38(34)52-37-32(63-10)22-29(23-33(37)66-46)55-19-17-54(18-20-55)24-26(3)51/h1,13-16,21-23,26,28,30-31,41,43,45,57-59H,17-20,24H2,2-11H3,(H,53,61)/b16-13+,21-15+,25-14-/t26?,28-,30-,31+,41+,43?,45-,50+/m1/s1. The Kier molecular flexibility index (Phi) is 14.4. The first kappa shape index (κ1) is 49.7. The summed E-state index contributed by atoms with van der Waals surface area (Å²) < 4.78 is 36.8. The number of fused-ring (bicyclic) bond motifs is 2. The topological polar surface area (TPSA) is 203 Å². The van der Waals surface area contributed by atoms with Gasteiger partial charge >= 0.3 is 5.79 Å². The molecule has 1 fully saturated rings. The molecular formula is C50H59IN4O12. The van der Waals surface area contributed by atoms with E-state index in [0.717, 1.165) is 38.4 Å². The van der Waals surface area contributed by atoms with Crippen LogP contribution in [0.4, 0.5) is 11.4 Å². The van der Waals surface area contributed by atoms with E-state index in [1.807, 2.05) is 26.0 Å². The third-order valence-electron chi connectivity index (χ3n) is 13.5. The van der Waals surface area contributed by atoms with E-state index in [1.54, 1.807) is 32.1 Å². The summed E-state index contributed by atoms with van der Waals surface area (Å²) in [5.41, 5.74) is -0.504. The Morgan fingerprint density at radius 1 is 1.03 bits per heavy atom. The van der Waals surface area contributed by atoms with E-state index in [-0.39, 0.29) is 61.1 Å². The molecule has 0 saturated carbocycles. The van der Waals surface area contributed by atoms with Gasteiger partial charge in [-0.3, -0.25) is 19.3 Å². The number of Topliss-reactive ketones (excluding diaryl/α,β-unsaturated/α-hetero) is 1. The van der Waals surface area contributed by atoms with Crippen molar-refractivity contribution in [3.05, 3.63) is 69.6 Å². The summed E-state index contributed by atoms with van der Waals surface area (Å²) >= 11 is 2.43. The number of rotatable bonds is 6. The Balaban J connectivity index is 1.47. The van der Waals surface area contributed by atoms with Gasteiger partial charge in [-0.05, 0) is 31.3 Å². The van der Waals surface area contributed by atoms with E-state index < -0.39 is 70.3 Å². The Morgan fingerprint density at radius 3 is 2.36 bits per heavy atom. The quantitative estimate of drug-likeness (QED) is 0.0412. The lowest BCUT2D eigenvalue weighted by molar-refractivity contribution is -0.126. The van der Waals surface area contributed by atoms with Crippen molar-refractivity contribution >= 4 is 78.6 Å². The van der Waals surface area contributed by atoms with E-state index in [4.69, 9.17) is 39.5 Å². The number of hydrogen-bond donors (Lipinski definition) is 4. The number of piperazine rings is 1. The van der Waals surface area contributed by atoms with E-state index in [0.29, 0.717) is 9.67 Å². The number of benzene rings is 3. The third-order valence-corrected chi connectivity index (χ3v) is 13.9. The Bertz CT molecular complexity index is 2800. The van der Waals surface area contributed by atoms with E-state index in [1.165, 1.54) is 47.5 Å². The van der Waals surface area contributed by atoms with Gasteiger partial charge in [0.2, 0.25) is 0 Å². The summed E-state index contributed by atoms with van der Waals surface area (Å²) in [6.45, 7) is 16.2. The number of ketones is 1. The van der Waals surface area contributed by atoms with Gasteiger partial charge in [0.25, 0.3) is 11.7 Å². The molecule has 4 heterocycles. The molecule has 358 valence electrons. The highest BCUT2D eigenvalue weighted by Crippen LogP contribution is 2.49. The molecule has 67 heavy (non-hydrogen) atoms. The van der Waals surface area contributed by atoms with Crippen LogP contribution in [0.2, 0.25) is 0 Å². The highest BCUT2D eigenvalue weighted by atomic mass is 127. The van der Waals surface area contributed by atoms with Gasteiger partial charge in [0.1, 0.15) is 40.4 Å². The first-order valence-corrected chi connectivity index (χ1v) is 23.4. The minimum atomic E-state index is -2.08. The molecule has 3 aromatic carbocycles. The van der Waals surface area contributed by atoms with Crippen molar-refractivity contribution < 1.29 is 53.0 Å². The predicted molar refractivity (Wildman–Crippen MR) is 264 cm³/mol. The van der Waals surface area contributed by atoms with Crippen LogP contribution in [0.1, 0.15) is 57.5 Å². The molecule has 4 N–H and O–H groups in total. The SMILES string of the molecule is C#C[C@@H]1[C@@H](OC)/C=C/O[C@@]2(C)Oc3c(C)c(=O)c4c(O)c(c5oc6cc(N7CCN(CC(C)I)CC7)cc(OC)c6nc5c4c3C2=O)NC(=O)/C(C)=C\C=C\C(C)(C)[C@H](C)[C@H](O)C(O)[C@@H]1OC. The van der Waals surface area contributed by atoms with Crippen molar-refractivity contribution in [2.24, 2.45) is 17.3 Å². The molecule has 4 aromatic rings. The molecule has 7 rings (SSSR count). The van der Waals surface area contributed by atoms with Gasteiger partial charge in [-0.2, -0.15) is 0 Å². The second-order valence-corrected chi connectivity index (χ2v) is 20.4. The van der Waals surface area contributed by atoms with Crippen LogP contribution in [-0.4, -0.2) is 125 Å². The zero-order valence-corrected chi connectivity index (χ0v) is 41.6. The first-order chi connectivity index (χ1) is 31.7. The van der Waals surface area contributed by atoms with Crippen LogP contribution < -0.4 is 25.1 Å². The number of aromatic hydroxyl groups is 1. The molecule has 3 aliphatic heterocycles. The van der Waals surface area contributed by atoms with Gasteiger partial charge in [-0.15, -0.1) is 6.42 Å². The average molecular weight is 1030 g/mol. The fourth-order valence-electron chi connectivity index (χ4n) is 9.11. The molecule has 3 aliphatic rings. The number of halogens is 1. The molecule has 8 atom stereocenters. The number of hydrogen-bond acceptors (Lipinski definition) is 15. The van der Waals surface area contributed by atoms with Gasteiger partial charge in [0.05, 0.1) is 42.4 Å². The van der Waals surface area contributed by atoms with Crippen LogP contribution >= 0.6 is 22.6 Å². The maximum atomic E-state index is 14.9. The van der Waals surface area contributed by atoms with Crippen LogP contribution in [0.5, 0.6) is 17.2 Å². The smallest absolute Gasteiger partial charge is 0.312 e. The monoisotopic (exact) mass is 1030 g/mol. The lowest BCUT2D eigenvalue weighted by atomic mass is 9.73. The number of phenolic OH excluding ortho intramolecular Hbond substituents is 1. The minimum absolute atomic E-state index is 0.0165. The number of aliphatic hydroxyl groups excluding tert-OH is 2. The van der Waals surface area contributed by atoms with Crippen LogP contribution in [0.15, 0.2) is 57.5 Å².